The minimum Gasteiger partial charge on any atom is -0.477 e. The van der Waals surface area contributed by atoms with Gasteiger partial charge in [-0.15, -0.1) is 0 Å². The molecule has 0 aromatic carbocycles. The van der Waals surface area contributed by atoms with Gasteiger partial charge in [-0.1, -0.05) is 224 Å². The number of rotatable bonds is 53. The summed E-state index contributed by atoms with van der Waals surface area (Å²) in [5.74, 6) is -2.05. The summed E-state index contributed by atoms with van der Waals surface area (Å²) in [7, 11) is 5.94. The van der Waals surface area contributed by atoms with Crippen molar-refractivity contribution in [3.8, 4) is 0 Å². The molecule has 1 N–H and O–H groups in total. The maximum absolute atomic E-state index is 12.8. The van der Waals surface area contributed by atoms with E-state index in [2.05, 4.69) is 160 Å². The highest BCUT2D eigenvalue weighted by atomic mass is 16.7. The summed E-state index contributed by atoms with van der Waals surface area (Å²) in [6, 6.07) is 0. The van der Waals surface area contributed by atoms with Crippen molar-refractivity contribution in [2.24, 2.45) is 0 Å². The summed E-state index contributed by atoms with van der Waals surface area (Å²) in [6.07, 6.45) is 80.9. The zero-order valence-corrected chi connectivity index (χ0v) is 49.3. The van der Waals surface area contributed by atoms with Crippen LogP contribution in [-0.4, -0.2) is 87.4 Å². The zero-order chi connectivity index (χ0) is 56.2. The minimum absolute atomic E-state index is 0.177. The van der Waals surface area contributed by atoms with E-state index >= 15 is 0 Å². The fraction of sp³-hybridized carbons (Fsp3) is 0.603. The number of esters is 2. The lowest BCUT2D eigenvalue weighted by Crippen LogP contribution is -2.40. The molecule has 0 saturated carbocycles. The molecule has 0 aromatic rings. The monoisotopic (exact) mass is 1070 g/mol. The molecule has 0 aromatic heterocycles. The first-order valence-corrected chi connectivity index (χ1v) is 30.0. The quantitative estimate of drug-likeness (QED) is 0.0211. The van der Waals surface area contributed by atoms with E-state index in [0.717, 1.165) is 141 Å². The first-order valence-electron chi connectivity index (χ1n) is 30.0. The standard InChI is InChI=1S/C68H109NO8/c1-6-8-10-12-14-16-18-19-20-21-22-23-24-25-26-27-28-29-30-31-32-33-34-35-36-37-38-39-40-41-42-43-44-45-46-47-49-51-53-55-57-59-66(71)77-64(63-76-68(67(72)73)74-61-60-69(3,4)5)62-75-65(70)58-56-54-52-50-48-17-15-13-11-9-7-2/h8,10,13-16,19-20,22-23,25-26,28-29,31-32,34-35,37-38,40-41,43-44,64,68H,6-7,9,11-12,17-18,21,24,27,30,33,36,39,42,45-63H2,1-5H3/p+1/b10-8-,15-13-,16-14-,20-19-,23-22-,26-25-,29-28-,32-31-,35-34-,38-37-,41-40-,44-43-. The number of ether oxygens (including phenoxy) is 4. The Bertz CT molecular complexity index is 1770. The van der Waals surface area contributed by atoms with Crippen molar-refractivity contribution in [1.82, 2.24) is 0 Å². The van der Waals surface area contributed by atoms with Crippen molar-refractivity contribution in [1.29, 1.82) is 0 Å². The molecule has 0 fully saturated rings. The van der Waals surface area contributed by atoms with Crippen LogP contribution in [0.15, 0.2) is 146 Å². The number of carboxylic acid groups (broad SMARTS) is 1. The summed E-state index contributed by atoms with van der Waals surface area (Å²) >= 11 is 0. The second-order valence-electron chi connectivity index (χ2n) is 20.6. The molecule has 0 aliphatic heterocycles. The lowest BCUT2D eigenvalue weighted by molar-refractivity contribution is -0.870. The number of nitrogens with zero attached hydrogens (tertiary/aromatic N) is 1. The van der Waals surface area contributed by atoms with Crippen molar-refractivity contribution < 1.29 is 42.9 Å². The third-order valence-corrected chi connectivity index (χ3v) is 12.1. The van der Waals surface area contributed by atoms with Crippen LogP contribution in [0, 0.1) is 0 Å². The predicted molar refractivity (Wildman–Crippen MR) is 327 cm³/mol. The number of likely N-dealkylation sites (N-methyl/N-ethyl adjacent to an activating group) is 1. The fourth-order valence-electron chi connectivity index (χ4n) is 7.47. The van der Waals surface area contributed by atoms with Gasteiger partial charge in [0, 0.05) is 12.8 Å². The van der Waals surface area contributed by atoms with Crippen molar-refractivity contribution >= 4 is 17.9 Å². The van der Waals surface area contributed by atoms with Gasteiger partial charge in [0.25, 0.3) is 6.29 Å². The maximum Gasteiger partial charge on any atom is 0.361 e. The molecular formula is C68H110NO8+. The van der Waals surface area contributed by atoms with E-state index in [1.165, 1.54) is 32.1 Å². The number of carbonyl (C=O) groups excluding carboxylic acids is 2. The minimum atomic E-state index is -1.52. The van der Waals surface area contributed by atoms with Gasteiger partial charge in [0.05, 0.1) is 34.4 Å². The van der Waals surface area contributed by atoms with Crippen LogP contribution >= 0.6 is 0 Å². The van der Waals surface area contributed by atoms with Crippen LogP contribution in [0.4, 0.5) is 0 Å². The third-order valence-electron chi connectivity index (χ3n) is 12.1. The van der Waals surface area contributed by atoms with Gasteiger partial charge < -0.3 is 28.5 Å². The largest absolute Gasteiger partial charge is 0.477 e. The molecule has 77 heavy (non-hydrogen) atoms. The molecule has 0 radical (unpaired) electrons. The second-order valence-corrected chi connectivity index (χ2v) is 20.6. The van der Waals surface area contributed by atoms with Gasteiger partial charge in [-0.25, -0.2) is 4.79 Å². The zero-order valence-electron chi connectivity index (χ0n) is 49.3. The van der Waals surface area contributed by atoms with E-state index in [1.807, 2.05) is 21.1 Å². The van der Waals surface area contributed by atoms with Gasteiger partial charge in [-0.3, -0.25) is 9.59 Å². The summed E-state index contributed by atoms with van der Waals surface area (Å²) in [6.45, 7) is 4.67. The molecule has 0 rings (SSSR count). The number of aliphatic carboxylic acids is 1. The predicted octanol–water partition coefficient (Wildman–Crippen LogP) is 18.0. The Labute approximate surface area is 471 Å². The van der Waals surface area contributed by atoms with E-state index < -0.39 is 24.3 Å². The second kappa shape index (κ2) is 57.3. The summed E-state index contributed by atoms with van der Waals surface area (Å²) in [4.78, 5) is 37.3. The van der Waals surface area contributed by atoms with Gasteiger partial charge >= 0.3 is 17.9 Å². The summed E-state index contributed by atoms with van der Waals surface area (Å²) in [5.41, 5.74) is 0. The van der Waals surface area contributed by atoms with Gasteiger partial charge in [-0.2, -0.15) is 0 Å². The van der Waals surface area contributed by atoms with Crippen molar-refractivity contribution in [3.63, 3.8) is 0 Å². The molecule has 9 heteroatoms. The molecule has 0 bridgehead atoms. The lowest BCUT2D eigenvalue weighted by Gasteiger charge is -2.25. The maximum atomic E-state index is 12.8. The lowest BCUT2D eigenvalue weighted by atomic mass is 10.1. The Morgan fingerprint density at radius 1 is 0.403 bits per heavy atom. The fourth-order valence-corrected chi connectivity index (χ4v) is 7.47. The average Bonchev–Trinajstić information content (AvgIpc) is 3.40. The Morgan fingerprint density at radius 2 is 0.740 bits per heavy atom. The van der Waals surface area contributed by atoms with Gasteiger partial charge in [0.15, 0.2) is 6.10 Å². The molecule has 434 valence electrons. The average molecular weight is 1070 g/mol. The first kappa shape index (κ1) is 72.2. The topological polar surface area (TPSA) is 108 Å². The number of hydrogen-bond donors (Lipinski definition) is 1. The first-order chi connectivity index (χ1) is 37.6. The molecule has 0 saturated heterocycles. The molecule has 2 unspecified atom stereocenters. The van der Waals surface area contributed by atoms with Crippen LogP contribution in [0.1, 0.15) is 206 Å². The van der Waals surface area contributed by atoms with Crippen LogP contribution < -0.4 is 0 Å². The molecule has 9 nitrogen and oxygen atoms in total. The summed E-state index contributed by atoms with van der Waals surface area (Å²) in [5, 5.41) is 9.68. The van der Waals surface area contributed by atoms with E-state index in [-0.39, 0.29) is 38.6 Å². The van der Waals surface area contributed by atoms with E-state index in [4.69, 9.17) is 18.9 Å². The molecule has 0 heterocycles. The van der Waals surface area contributed by atoms with Crippen LogP contribution in [0.25, 0.3) is 0 Å². The normalized spacial score (nSPS) is 13.8. The van der Waals surface area contributed by atoms with Crippen molar-refractivity contribution in [3.05, 3.63) is 146 Å². The smallest absolute Gasteiger partial charge is 0.361 e. The van der Waals surface area contributed by atoms with Crippen LogP contribution in [-0.2, 0) is 33.3 Å². The molecule has 0 aliphatic carbocycles. The number of carboxylic acids is 1. The van der Waals surface area contributed by atoms with E-state index in [9.17, 15) is 19.5 Å². The van der Waals surface area contributed by atoms with E-state index in [0.29, 0.717) is 17.4 Å². The Balaban J connectivity index is 4.16. The van der Waals surface area contributed by atoms with Crippen LogP contribution in [0.5, 0.6) is 0 Å². The highest BCUT2D eigenvalue weighted by molar-refractivity contribution is 5.71. The number of hydrogen-bond acceptors (Lipinski definition) is 7. The van der Waals surface area contributed by atoms with Crippen LogP contribution in [0.2, 0.25) is 0 Å². The van der Waals surface area contributed by atoms with E-state index in [1.54, 1.807) is 0 Å². The Kier molecular flexibility index (Phi) is 53.8. The molecular weight excluding hydrogens is 959 g/mol. The number of allylic oxidation sites excluding steroid dienone is 24. The SMILES string of the molecule is CC/C=C\C/C=C\C/C=C\C/C=C\C/C=C\C/C=C\C/C=C\C/C=C\C/C=C\C/C=C\C/C=C\CCCCCCCCCC(=O)OC(COC(=O)CCCCCCC/C=C\CCCC)COC(OCC[N+](C)(C)C)C(=O)O. The number of quaternary nitrogens is 1. The Hall–Kier alpha value is -4.83. The van der Waals surface area contributed by atoms with Gasteiger partial charge in [0.1, 0.15) is 13.2 Å². The molecule has 0 amide bonds. The number of carbonyl (C=O) groups is 3. The molecule has 2 atom stereocenters. The molecule has 0 spiro atoms. The highest BCUT2D eigenvalue weighted by Gasteiger charge is 2.25. The van der Waals surface area contributed by atoms with Gasteiger partial charge in [0.2, 0.25) is 0 Å². The Morgan fingerprint density at radius 3 is 1.12 bits per heavy atom. The van der Waals surface area contributed by atoms with Crippen LogP contribution in [0.3, 0.4) is 0 Å². The third kappa shape index (κ3) is 58.7. The van der Waals surface area contributed by atoms with Crippen molar-refractivity contribution in [2.75, 3.05) is 47.5 Å². The van der Waals surface area contributed by atoms with Gasteiger partial charge in [-0.05, 0) is 116 Å². The van der Waals surface area contributed by atoms with Crippen molar-refractivity contribution in [2.45, 2.75) is 219 Å². The number of unbranched alkanes of at least 4 members (excludes halogenated alkanes) is 14. The highest BCUT2D eigenvalue weighted by Crippen LogP contribution is 2.13. The summed E-state index contributed by atoms with van der Waals surface area (Å²) < 4.78 is 22.8. The molecule has 0 aliphatic rings.